The zero-order valence-corrected chi connectivity index (χ0v) is 14.0. The number of allylic oxidation sites excluding steroid dienone is 3. The van der Waals surface area contributed by atoms with Gasteiger partial charge in [-0.3, -0.25) is 4.79 Å². The molecule has 0 aromatic carbocycles. The number of hydrogen-bond acceptors (Lipinski definition) is 3. The van der Waals surface area contributed by atoms with E-state index in [1.165, 1.54) is 0 Å². The maximum atomic E-state index is 11.9. The number of aliphatic hydroxyl groups is 1. The molecule has 3 nitrogen and oxygen atoms in total. The predicted octanol–water partition coefficient (Wildman–Crippen LogP) is 3.55. The maximum absolute atomic E-state index is 11.9. The van der Waals surface area contributed by atoms with Gasteiger partial charge < -0.3 is 5.11 Å². The second-order valence-electron chi connectivity index (χ2n) is 8.61. The minimum absolute atomic E-state index is 0.0107. The molecule has 0 heterocycles. The third-order valence-electron chi connectivity index (χ3n) is 7.68. The Morgan fingerprint density at radius 2 is 2.09 bits per heavy atom. The van der Waals surface area contributed by atoms with Crippen LogP contribution in [0.25, 0.3) is 0 Å². The fourth-order valence-electron chi connectivity index (χ4n) is 6.15. The van der Waals surface area contributed by atoms with Crippen LogP contribution in [0.1, 0.15) is 52.4 Å². The Labute approximate surface area is 138 Å². The van der Waals surface area contributed by atoms with Crippen molar-refractivity contribution in [3.63, 3.8) is 0 Å². The molecule has 0 radical (unpaired) electrons. The number of carbonyl (C=O) groups is 1. The van der Waals surface area contributed by atoms with Crippen LogP contribution in [0, 0.1) is 39.9 Å². The summed E-state index contributed by atoms with van der Waals surface area (Å²) in [6, 6.07) is 2.48. The molecular formula is C20H25NO2. The van der Waals surface area contributed by atoms with E-state index in [1.807, 2.05) is 0 Å². The topological polar surface area (TPSA) is 61.1 Å². The van der Waals surface area contributed by atoms with Crippen molar-refractivity contribution in [2.45, 2.75) is 58.0 Å². The van der Waals surface area contributed by atoms with Crippen molar-refractivity contribution in [1.82, 2.24) is 0 Å². The van der Waals surface area contributed by atoms with Crippen LogP contribution < -0.4 is 0 Å². The van der Waals surface area contributed by atoms with E-state index in [-0.39, 0.29) is 28.4 Å². The summed E-state index contributed by atoms with van der Waals surface area (Å²) in [4.78, 5) is 11.9. The number of rotatable bonds is 0. The van der Waals surface area contributed by atoms with Crippen molar-refractivity contribution in [2.75, 3.05) is 0 Å². The lowest BCUT2D eigenvalue weighted by Gasteiger charge is -2.63. The highest BCUT2D eigenvalue weighted by Crippen LogP contribution is 2.66. The average Bonchev–Trinajstić information content (AvgIpc) is 2.90. The number of carbonyl (C=O) groups excluding carboxylic acids is 1. The Balaban J connectivity index is 1.85. The van der Waals surface area contributed by atoms with Crippen molar-refractivity contribution in [1.29, 1.82) is 5.26 Å². The van der Waals surface area contributed by atoms with Gasteiger partial charge >= 0.3 is 0 Å². The standard InChI is InChI=1S/C20H25NO2/c1-18-6-3-4-16(18)17-13(12-21)10-14-11-15(22)5-7-19(14,2)20(17,23)9-8-18/h3,6,11,13,16-17,23H,4-5,7-10H2,1-2H3/t13?,16-,17-,18-,19-,20+/m0/s1. The minimum atomic E-state index is -0.853. The van der Waals surface area contributed by atoms with Crippen molar-refractivity contribution >= 4 is 5.78 Å². The van der Waals surface area contributed by atoms with Gasteiger partial charge in [0.05, 0.1) is 17.6 Å². The van der Waals surface area contributed by atoms with Crippen LogP contribution in [0.2, 0.25) is 0 Å². The SMILES string of the molecule is C[C@@]12C=CC[C@H]1[C@@H]1C(C#N)CC3=CC(=O)CC[C@]3(C)[C@@]1(O)CC2. The fraction of sp³-hybridized carbons (Fsp3) is 0.700. The van der Waals surface area contributed by atoms with E-state index in [0.717, 1.165) is 31.3 Å². The molecule has 0 saturated heterocycles. The third kappa shape index (κ3) is 1.76. The molecule has 2 fully saturated rings. The largest absolute Gasteiger partial charge is 0.389 e. The van der Waals surface area contributed by atoms with Gasteiger partial charge in [-0.15, -0.1) is 0 Å². The first-order chi connectivity index (χ1) is 10.8. The number of fused-ring (bicyclic) bond motifs is 5. The summed E-state index contributed by atoms with van der Waals surface area (Å²) < 4.78 is 0. The molecule has 23 heavy (non-hydrogen) atoms. The summed E-state index contributed by atoms with van der Waals surface area (Å²) in [7, 11) is 0. The van der Waals surface area contributed by atoms with Crippen LogP contribution in [0.5, 0.6) is 0 Å². The summed E-state index contributed by atoms with van der Waals surface area (Å²) in [6.07, 6.45) is 10.8. The molecule has 4 aliphatic rings. The molecule has 0 amide bonds. The highest BCUT2D eigenvalue weighted by molar-refractivity contribution is 5.91. The molecule has 4 rings (SSSR count). The molecular weight excluding hydrogens is 286 g/mol. The minimum Gasteiger partial charge on any atom is -0.389 e. The van der Waals surface area contributed by atoms with Crippen LogP contribution in [0.15, 0.2) is 23.8 Å². The molecule has 3 heteroatoms. The number of hydrogen-bond donors (Lipinski definition) is 1. The molecule has 0 spiro atoms. The van der Waals surface area contributed by atoms with E-state index >= 15 is 0 Å². The van der Waals surface area contributed by atoms with E-state index in [2.05, 4.69) is 32.1 Å². The van der Waals surface area contributed by atoms with Crippen molar-refractivity contribution in [2.24, 2.45) is 28.6 Å². The van der Waals surface area contributed by atoms with E-state index in [9.17, 15) is 15.2 Å². The van der Waals surface area contributed by atoms with Gasteiger partial charge in [-0.25, -0.2) is 0 Å². The Hall–Kier alpha value is -1.40. The molecule has 0 aromatic heterocycles. The molecule has 0 aromatic rings. The van der Waals surface area contributed by atoms with Gasteiger partial charge in [-0.1, -0.05) is 31.6 Å². The molecule has 1 unspecified atom stereocenters. The lowest BCUT2D eigenvalue weighted by Crippen LogP contribution is -2.64. The van der Waals surface area contributed by atoms with E-state index in [0.29, 0.717) is 18.8 Å². The zero-order chi connectivity index (χ0) is 16.5. The number of nitrogens with zero attached hydrogens (tertiary/aromatic N) is 1. The molecule has 0 bridgehead atoms. The molecule has 6 atom stereocenters. The zero-order valence-electron chi connectivity index (χ0n) is 14.0. The van der Waals surface area contributed by atoms with E-state index < -0.39 is 5.60 Å². The second kappa shape index (κ2) is 4.57. The van der Waals surface area contributed by atoms with Gasteiger partial charge in [-0.2, -0.15) is 5.26 Å². The van der Waals surface area contributed by atoms with Crippen LogP contribution >= 0.6 is 0 Å². The van der Waals surface area contributed by atoms with Gasteiger partial charge in [0.2, 0.25) is 0 Å². The quantitative estimate of drug-likeness (QED) is 0.696. The van der Waals surface area contributed by atoms with E-state index in [4.69, 9.17) is 0 Å². The molecule has 122 valence electrons. The second-order valence-corrected chi connectivity index (χ2v) is 8.61. The monoisotopic (exact) mass is 311 g/mol. The van der Waals surface area contributed by atoms with Gasteiger partial charge in [-0.05, 0) is 49.5 Å². The average molecular weight is 311 g/mol. The number of ketones is 1. The molecule has 0 aliphatic heterocycles. The lowest BCUT2D eigenvalue weighted by atomic mass is 9.43. The summed E-state index contributed by atoms with van der Waals surface area (Å²) in [6.45, 7) is 4.42. The summed E-state index contributed by atoms with van der Waals surface area (Å²) in [5, 5.41) is 21.7. The molecule has 4 aliphatic carbocycles. The fourth-order valence-corrected chi connectivity index (χ4v) is 6.15. The maximum Gasteiger partial charge on any atom is 0.155 e. The van der Waals surface area contributed by atoms with Gasteiger partial charge in [0.15, 0.2) is 5.78 Å². The van der Waals surface area contributed by atoms with Crippen molar-refractivity contribution in [3.05, 3.63) is 23.8 Å². The Kier molecular flexibility index (Phi) is 3.01. The van der Waals surface area contributed by atoms with Crippen LogP contribution in [0.3, 0.4) is 0 Å². The van der Waals surface area contributed by atoms with Gasteiger partial charge in [0, 0.05) is 17.8 Å². The van der Waals surface area contributed by atoms with Crippen molar-refractivity contribution in [3.8, 4) is 6.07 Å². The summed E-state index contributed by atoms with van der Waals surface area (Å²) in [5.74, 6) is 0.327. The Bertz CT molecular complexity index is 672. The highest BCUT2D eigenvalue weighted by Gasteiger charge is 2.66. The third-order valence-corrected chi connectivity index (χ3v) is 7.68. The van der Waals surface area contributed by atoms with Gasteiger partial charge in [0.1, 0.15) is 0 Å². The van der Waals surface area contributed by atoms with Crippen molar-refractivity contribution < 1.29 is 9.90 Å². The van der Waals surface area contributed by atoms with Crippen LogP contribution in [-0.2, 0) is 4.79 Å². The normalized spacial score (nSPS) is 51.3. The van der Waals surface area contributed by atoms with E-state index in [1.54, 1.807) is 6.08 Å². The molecule has 2 saturated carbocycles. The Morgan fingerprint density at radius 3 is 2.83 bits per heavy atom. The summed E-state index contributed by atoms with van der Waals surface area (Å²) >= 11 is 0. The first-order valence-electron chi connectivity index (χ1n) is 8.88. The smallest absolute Gasteiger partial charge is 0.155 e. The van der Waals surface area contributed by atoms with Gasteiger partial charge in [0.25, 0.3) is 0 Å². The molecule has 1 N–H and O–H groups in total. The highest BCUT2D eigenvalue weighted by atomic mass is 16.3. The Morgan fingerprint density at radius 1 is 1.30 bits per heavy atom. The predicted molar refractivity (Wildman–Crippen MR) is 87.2 cm³/mol. The number of nitriles is 1. The van der Waals surface area contributed by atoms with Crippen LogP contribution in [0.4, 0.5) is 0 Å². The lowest BCUT2D eigenvalue weighted by molar-refractivity contribution is -0.194. The first-order valence-corrected chi connectivity index (χ1v) is 8.88. The summed E-state index contributed by atoms with van der Waals surface area (Å²) in [5.41, 5.74) is -0.0562. The first kappa shape index (κ1) is 15.1. The van der Waals surface area contributed by atoms with Crippen LogP contribution in [-0.4, -0.2) is 16.5 Å².